The molecule has 0 aliphatic rings. The van der Waals surface area contributed by atoms with E-state index in [1.54, 1.807) is 36.6 Å². The second-order valence-electron chi connectivity index (χ2n) is 5.33. The molecule has 0 radical (unpaired) electrons. The molecule has 0 aliphatic carbocycles. The number of benzene rings is 2. The molecule has 23 heavy (non-hydrogen) atoms. The van der Waals surface area contributed by atoms with Gasteiger partial charge in [-0.05, 0) is 42.8 Å². The average Bonchev–Trinajstić information content (AvgIpc) is 2.89. The Kier molecular flexibility index (Phi) is 3.22. The summed E-state index contributed by atoms with van der Waals surface area (Å²) in [5, 5.41) is 2.26. The Morgan fingerprint density at radius 2 is 1.87 bits per heavy atom. The first-order chi connectivity index (χ1) is 11.0. The number of halogens is 2. The zero-order chi connectivity index (χ0) is 16.1. The summed E-state index contributed by atoms with van der Waals surface area (Å²) >= 11 is 12.2. The Labute approximate surface area is 141 Å². The van der Waals surface area contributed by atoms with Crippen molar-refractivity contribution in [2.75, 3.05) is 0 Å². The van der Waals surface area contributed by atoms with Crippen LogP contribution in [0.1, 0.15) is 5.56 Å². The van der Waals surface area contributed by atoms with Gasteiger partial charge in [0.05, 0.1) is 22.1 Å². The Balaban J connectivity index is 2.11. The molecule has 4 rings (SSSR count). The SMILES string of the molecule is Cc1coc2ccc3c(=O)cc(-c4ccc(Cl)cc4Cl)oc3c12. The van der Waals surface area contributed by atoms with Crippen LogP contribution < -0.4 is 5.43 Å². The van der Waals surface area contributed by atoms with Crippen LogP contribution in [-0.4, -0.2) is 0 Å². The highest BCUT2D eigenvalue weighted by atomic mass is 35.5. The molecule has 0 spiro atoms. The van der Waals surface area contributed by atoms with Crippen molar-refractivity contribution in [3.63, 3.8) is 0 Å². The first-order valence-electron chi connectivity index (χ1n) is 6.94. The molecule has 0 N–H and O–H groups in total. The lowest BCUT2D eigenvalue weighted by molar-refractivity contribution is 0.610. The van der Waals surface area contributed by atoms with E-state index in [2.05, 4.69) is 0 Å². The van der Waals surface area contributed by atoms with Gasteiger partial charge in [-0.3, -0.25) is 4.79 Å². The monoisotopic (exact) mass is 344 g/mol. The van der Waals surface area contributed by atoms with E-state index < -0.39 is 0 Å². The van der Waals surface area contributed by atoms with Crippen molar-refractivity contribution >= 4 is 45.1 Å². The van der Waals surface area contributed by atoms with Gasteiger partial charge in [-0.1, -0.05) is 23.2 Å². The Morgan fingerprint density at radius 1 is 1.04 bits per heavy atom. The molecule has 0 amide bonds. The summed E-state index contributed by atoms with van der Waals surface area (Å²) in [5.74, 6) is 0.400. The highest BCUT2D eigenvalue weighted by molar-refractivity contribution is 6.36. The molecule has 0 saturated carbocycles. The van der Waals surface area contributed by atoms with E-state index in [1.165, 1.54) is 6.07 Å². The molecule has 2 aromatic heterocycles. The molecule has 0 aliphatic heterocycles. The fourth-order valence-corrected chi connectivity index (χ4v) is 3.21. The number of aryl methyl sites for hydroxylation is 1. The number of furan rings is 1. The summed E-state index contributed by atoms with van der Waals surface area (Å²) in [4.78, 5) is 12.5. The van der Waals surface area contributed by atoms with Crippen molar-refractivity contribution in [3.8, 4) is 11.3 Å². The van der Waals surface area contributed by atoms with Crippen molar-refractivity contribution < 1.29 is 8.83 Å². The van der Waals surface area contributed by atoms with Gasteiger partial charge < -0.3 is 8.83 Å². The van der Waals surface area contributed by atoms with Crippen LogP contribution in [0.5, 0.6) is 0 Å². The standard InChI is InChI=1S/C18H10Cl2O3/c1-9-8-22-15-5-4-12-14(21)7-16(23-18(12)17(9)15)11-3-2-10(19)6-13(11)20/h2-8H,1H3. The van der Waals surface area contributed by atoms with Gasteiger partial charge in [-0.2, -0.15) is 0 Å². The van der Waals surface area contributed by atoms with Crippen LogP contribution in [0.2, 0.25) is 10.0 Å². The van der Waals surface area contributed by atoms with Crippen LogP contribution in [0.3, 0.4) is 0 Å². The fourth-order valence-electron chi connectivity index (χ4n) is 2.71. The van der Waals surface area contributed by atoms with Gasteiger partial charge in [0.25, 0.3) is 0 Å². The Morgan fingerprint density at radius 3 is 2.65 bits per heavy atom. The fraction of sp³-hybridized carbons (Fsp3) is 0.0556. The van der Waals surface area contributed by atoms with Crippen LogP contribution in [0, 0.1) is 6.92 Å². The lowest BCUT2D eigenvalue weighted by Crippen LogP contribution is -2.00. The Hall–Kier alpha value is -2.23. The second kappa shape index (κ2) is 5.15. The predicted molar refractivity (Wildman–Crippen MR) is 92.4 cm³/mol. The lowest BCUT2D eigenvalue weighted by Gasteiger charge is -2.06. The summed E-state index contributed by atoms with van der Waals surface area (Å²) in [6.07, 6.45) is 1.64. The predicted octanol–water partition coefficient (Wildman–Crippen LogP) is 5.82. The molecule has 0 bridgehead atoms. The summed E-state index contributed by atoms with van der Waals surface area (Å²) in [6.45, 7) is 1.91. The summed E-state index contributed by atoms with van der Waals surface area (Å²) in [5.41, 5.74) is 2.58. The van der Waals surface area contributed by atoms with E-state index in [0.717, 1.165) is 10.9 Å². The first kappa shape index (κ1) is 14.4. The zero-order valence-electron chi connectivity index (χ0n) is 12.0. The smallest absolute Gasteiger partial charge is 0.193 e. The molecule has 2 aromatic carbocycles. The number of rotatable bonds is 1. The molecule has 4 aromatic rings. The molecule has 114 valence electrons. The van der Waals surface area contributed by atoms with E-state index >= 15 is 0 Å². The van der Waals surface area contributed by atoms with Crippen LogP contribution in [-0.2, 0) is 0 Å². The summed E-state index contributed by atoms with van der Waals surface area (Å²) in [6, 6.07) is 9.98. The number of fused-ring (bicyclic) bond motifs is 3. The quantitative estimate of drug-likeness (QED) is 0.436. The largest absolute Gasteiger partial charge is 0.464 e. The molecule has 0 unspecified atom stereocenters. The minimum atomic E-state index is -0.130. The van der Waals surface area contributed by atoms with E-state index in [4.69, 9.17) is 32.0 Å². The normalized spacial score (nSPS) is 11.4. The molecule has 5 heteroatoms. The second-order valence-corrected chi connectivity index (χ2v) is 6.18. The zero-order valence-corrected chi connectivity index (χ0v) is 13.5. The minimum Gasteiger partial charge on any atom is -0.464 e. The van der Waals surface area contributed by atoms with Crippen molar-refractivity contribution in [1.82, 2.24) is 0 Å². The van der Waals surface area contributed by atoms with Crippen molar-refractivity contribution in [2.45, 2.75) is 6.92 Å². The average molecular weight is 345 g/mol. The van der Waals surface area contributed by atoms with Gasteiger partial charge in [0, 0.05) is 16.7 Å². The molecule has 3 nitrogen and oxygen atoms in total. The highest BCUT2D eigenvalue weighted by Gasteiger charge is 2.15. The number of hydrogen-bond acceptors (Lipinski definition) is 3. The molecule has 0 atom stereocenters. The summed E-state index contributed by atoms with van der Waals surface area (Å²) in [7, 11) is 0. The lowest BCUT2D eigenvalue weighted by atomic mass is 10.1. The molecule has 0 fully saturated rings. The van der Waals surface area contributed by atoms with E-state index in [1.807, 2.05) is 6.92 Å². The first-order valence-corrected chi connectivity index (χ1v) is 7.70. The van der Waals surface area contributed by atoms with Crippen LogP contribution in [0.25, 0.3) is 33.3 Å². The van der Waals surface area contributed by atoms with Gasteiger partial charge in [0.1, 0.15) is 16.9 Å². The molecule has 0 saturated heterocycles. The van der Waals surface area contributed by atoms with E-state index in [0.29, 0.717) is 37.9 Å². The van der Waals surface area contributed by atoms with E-state index in [9.17, 15) is 4.79 Å². The topological polar surface area (TPSA) is 43.4 Å². The Bertz CT molecular complexity index is 1120. The van der Waals surface area contributed by atoms with Gasteiger partial charge in [-0.25, -0.2) is 0 Å². The number of hydrogen-bond donors (Lipinski definition) is 0. The van der Waals surface area contributed by atoms with Crippen molar-refractivity contribution in [3.05, 3.63) is 68.5 Å². The van der Waals surface area contributed by atoms with Crippen LogP contribution >= 0.6 is 23.2 Å². The van der Waals surface area contributed by atoms with Crippen molar-refractivity contribution in [2.24, 2.45) is 0 Å². The highest BCUT2D eigenvalue weighted by Crippen LogP contribution is 2.34. The van der Waals surface area contributed by atoms with Gasteiger partial charge in [-0.15, -0.1) is 0 Å². The van der Waals surface area contributed by atoms with E-state index in [-0.39, 0.29) is 5.43 Å². The minimum absolute atomic E-state index is 0.130. The van der Waals surface area contributed by atoms with Crippen LogP contribution in [0.4, 0.5) is 0 Å². The third kappa shape index (κ3) is 2.24. The van der Waals surface area contributed by atoms with Crippen LogP contribution in [0.15, 0.2) is 56.3 Å². The van der Waals surface area contributed by atoms with Gasteiger partial charge in [0.2, 0.25) is 0 Å². The van der Waals surface area contributed by atoms with Crippen molar-refractivity contribution in [1.29, 1.82) is 0 Å². The van der Waals surface area contributed by atoms with Gasteiger partial charge in [0.15, 0.2) is 5.43 Å². The van der Waals surface area contributed by atoms with Gasteiger partial charge >= 0.3 is 0 Å². The maximum absolute atomic E-state index is 12.5. The maximum Gasteiger partial charge on any atom is 0.193 e. The molecule has 2 heterocycles. The maximum atomic E-state index is 12.5. The summed E-state index contributed by atoms with van der Waals surface area (Å²) < 4.78 is 11.5. The molecular weight excluding hydrogens is 335 g/mol. The third-order valence-electron chi connectivity index (χ3n) is 3.81. The molecular formula is C18H10Cl2O3. The third-order valence-corrected chi connectivity index (χ3v) is 4.36.